The molecule has 0 saturated carbocycles. The van der Waals surface area contributed by atoms with E-state index in [1.165, 1.54) is 7.05 Å². The number of nitrogens with zero attached hydrogens (tertiary/aromatic N) is 1. The number of rotatable bonds is 7. The zero-order valence-corrected chi connectivity index (χ0v) is 18.6. The number of carbonyl (C=O) groups is 1. The van der Waals surface area contributed by atoms with E-state index >= 15 is 0 Å². The van der Waals surface area contributed by atoms with Gasteiger partial charge in [-0.25, -0.2) is 8.42 Å². The van der Waals surface area contributed by atoms with Crippen molar-refractivity contribution < 1.29 is 13.2 Å². The Morgan fingerprint density at radius 2 is 1.65 bits per heavy atom. The van der Waals surface area contributed by atoms with Crippen LogP contribution in [0.4, 0.5) is 0 Å². The Morgan fingerprint density at radius 1 is 0.935 bits per heavy atom. The Balaban J connectivity index is 1.52. The van der Waals surface area contributed by atoms with Crippen molar-refractivity contribution in [3.63, 3.8) is 0 Å². The van der Waals surface area contributed by atoms with Gasteiger partial charge in [-0.15, -0.1) is 11.3 Å². The van der Waals surface area contributed by atoms with Crippen LogP contribution in [0, 0.1) is 0 Å². The van der Waals surface area contributed by atoms with E-state index in [2.05, 4.69) is 5.32 Å². The normalized spacial score (nSPS) is 12.7. The summed E-state index contributed by atoms with van der Waals surface area (Å²) in [5.74, 6) is -0.367. The standard InChI is InChI=1S/C24H22N2O3S2/c1-26(31(28,29)21-14-13-18-8-5-6-11-20(18)16-21)17-23(27)25-24(22-12-7-15-30-22)19-9-3-2-4-10-19/h2-16,24H,17H2,1H3,(H,25,27). The number of benzene rings is 3. The van der Waals surface area contributed by atoms with Crippen LogP contribution in [0.2, 0.25) is 0 Å². The average molecular weight is 451 g/mol. The molecule has 1 amide bonds. The Bertz CT molecular complexity index is 1290. The zero-order chi connectivity index (χ0) is 21.8. The number of nitrogens with one attached hydrogen (secondary N) is 1. The Morgan fingerprint density at radius 3 is 2.35 bits per heavy atom. The fraction of sp³-hybridized carbons (Fsp3) is 0.125. The minimum Gasteiger partial charge on any atom is -0.343 e. The van der Waals surface area contributed by atoms with Gasteiger partial charge in [0.2, 0.25) is 15.9 Å². The van der Waals surface area contributed by atoms with Crippen LogP contribution >= 0.6 is 11.3 Å². The number of amides is 1. The molecule has 0 aliphatic carbocycles. The molecule has 1 atom stereocenters. The monoisotopic (exact) mass is 450 g/mol. The summed E-state index contributed by atoms with van der Waals surface area (Å²) in [5, 5.41) is 6.74. The van der Waals surface area contributed by atoms with Crippen LogP contribution in [0.15, 0.2) is 95.2 Å². The van der Waals surface area contributed by atoms with Crippen molar-refractivity contribution in [1.82, 2.24) is 9.62 Å². The minimum absolute atomic E-state index is 0.166. The highest BCUT2D eigenvalue weighted by molar-refractivity contribution is 7.89. The van der Waals surface area contributed by atoms with Crippen molar-refractivity contribution in [2.45, 2.75) is 10.9 Å². The lowest BCUT2D eigenvalue weighted by Crippen LogP contribution is -2.39. The van der Waals surface area contributed by atoms with Gasteiger partial charge in [0.1, 0.15) is 0 Å². The van der Waals surface area contributed by atoms with Gasteiger partial charge in [-0.2, -0.15) is 4.31 Å². The van der Waals surface area contributed by atoms with Crippen LogP contribution in [0.25, 0.3) is 10.8 Å². The van der Waals surface area contributed by atoms with Gasteiger partial charge in [-0.1, -0.05) is 66.7 Å². The van der Waals surface area contributed by atoms with Gasteiger partial charge < -0.3 is 5.32 Å². The van der Waals surface area contributed by atoms with Gasteiger partial charge in [-0.05, 0) is 39.9 Å². The van der Waals surface area contributed by atoms with Gasteiger partial charge in [0.25, 0.3) is 0 Å². The molecule has 1 aromatic heterocycles. The second-order valence-electron chi connectivity index (χ2n) is 7.20. The predicted octanol–water partition coefficient (Wildman–Crippen LogP) is 4.43. The molecule has 158 valence electrons. The summed E-state index contributed by atoms with van der Waals surface area (Å²) in [4.78, 5) is 14.0. The summed E-state index contributed by atoms with van der Waals surface area (Å²) in [5.41, 5.74) is 0.943. The molecule has 0 spiro atoms. The first kappa shape index (κ1) is 21.2. The molecular formula is C24H22N2O3S2. The maximum atomic E-state index is 13.0. The number of thiophene rings is 1. The number of hydrogen-bond acceptors (Lipinski definition) is 4. The molecule has 4 rings (SSSR count). The molecule has 1 unspecified atom stereocenters. The number of likely N-dealkylation sites (N-methyl/N-ethyl adjacent to an activating group) is 1. The molecule has 0 aliphatic rings. The van der Waals surface area contributed by atoms with Crippen LogP contribution in [0.5, 0.6) is 0 Å². The molecule has 0 bridgehead atoms. The van der Waals surface area contributed by atoms with Crippen molar-refractivity contribution in [3.8, 4) is 0 Å². The highest BCUT2D eigenvalue weighted by Gasteiger charge is 2.25. The van der Waals surface area contributed by atoms with Gasteiger partial charge in [0.15, 0.2) is 0 Å². The zero-order valence-electron chi connectivity index (χ0n) is 16.9. The van der Waals surface area contributed by atoms with Crippen LogP contribution in [0.1, 0.15) is 16.5 Å². The molecule has 0 saturated heterocycles. The quantitative estimate of drug-likeness (QED) is 0.453. The fourth-order valence-electron chi connectivity index (χ4n) is 3.42. The second-order valence-corrected chi connectivity index (χ2v) is 10.2. The Hall–Kier alpha value is -3.00. The highest BCUT2D eigenvalue weighted by Crippen LogP contribution is 2.26. The molecule has 4 aromatic rings. The first-order valence-electron chi connectivity index (χ1n) is 9.78. The summed E-state index contributed by atoms with van der Waals surface area (Å²) < 4.78 is 27.2. The van der Waals surface area contributed by atoms with E-state index in [4.69, 9.17) is 0 Å². The molecule has 1 heterocycles. The van der Waals surface area contributed by atoms with Crippen molar-refractivity contribution in [1.29, 1.82) is 0 Å². The number of fused-ring (bicyclic) bond motifs is 1. The van der Waals surface area contributed by atoms with E-state index in [9.17, 15) is 13.2 Å². The van der Waals surface area contributed by atoms with Crippen molar-refractivity contribution >= 4 is 38.0 Å². The van der Waals surface area contributed by atoms with Gasteiger partial charge in [-0.3, -0.25) is 4.79 Å². The van der Waals surface area contributed by atoms with Crippen molar-refractivity contribution in [2.24, 2.45) is 0 Å². The Labute approximate surface area is 186 Å². The third kappa shape index (κ3) is 4.69. The van der Waals surface area contributed by atoms with E-state index in [1.54, 1.807) is 29.5 Å². The van der Waals surface area contributed by atoms with Gasteiger partial charge >= 0.3 is 0 Å². The van der Waals surface area contributed by atoms with E-state index in [-0.39, 0.29) is 23.4 Å². The third-order valence-electron chi connectivity index (χ3n) is 5.06. The number of hydrogen-bond donors (Lipinski definition) is 1. The molecule has 3 aromatic carbocycles. The van der Waals surface area contributed by atoms with E-state index in [1.807, 2.05) is 72.1 Å². The third-order valence-corrected chi connectivity index (χ3v) is 7.80. The molecule has 0 aliphatic heterocycles. The Kier molecular flexibility index (Phi) is 6.18. The van der Waals surface area contributed by atoms with Crippen LogP contribution in [-0.2, 0) is 14.8 Å². The molecule has 0 radical (unpaired) electrons. The van der Waals surface area contributed by atoms with E-state index < -0.39 is 10.0 Å². The molecule has 31 heavy (non-hydrogen) atoms. The summed E-state index contributed by atoms with van der Waals surface area (Å²) in [7, 11) is -2.38. The van der Waals surface area contributed by atoms with Crippen molar-refractivity contribution in [2.75, 3.05) is 13.6 Å². The fourth-order valence-corrected chi connectivity index (χ4v) is 5.39. The summed E-state index contributed by atoms with van der Waals surface area (Å²) in [6.45, 7) is -0.274. The van der Waals surface area contributed by atoms with Crippen LogP contribution in [0.3, 0.4) is 0 Å². The predicted molar refractivity (Wildman–Crippen MR) is 125 cm³/mol. The molecule has 1 N–H and O–H groups in total. The number of sulfonamides is 1. The average Bonchev–Trinajstić information content (AvgIpc) is 3.32. The molecule has 0 fully saturated rings. The first-order chi connectivity index (χ1) is 14.9. The molecular weight excluding hydrogens is 428 g/mol. The summed E-state index contributed by atoms with van der Waals surface area (Å²) in [6.07, 6.45) is 0. The molecule has 5 nitrogen and oxygen atoms in total. The topological polar surface area (TPSA) is 66.5 Å². The van der Waals surface area contributed by atoms with Crippen LogP contribution in [-0.4, -0.2) is 32.2 Å². The molecule has 7 heteroatoms. The minimum atomic E-state index is -3.80. The summed E-state index contributed by atoms with van der Waals surface area (Å²) in [6, 6.07) is 25.7. The lowest BCUT2D eigenvalue weighted by atomic mass is 10.1. The van der Waals surface area contributed by atoms with Gasteiger partial charge in [0, 0.05) is 11.9 Å². The smallest absolute Gasteiger partial charge is 0.243 e. The largest absolute Gasteiger partial charge is 0.343 e. The van der Waals surface area contributed by atoms with Gasteiger partial charge in [0.05, 0.1) is 17.5 Å². The van der Waals surface area contributed by atoms with Crippen molar-refractivity contribution in [3.05, 3.63) is 101 Å². The number of carbonyl (C=O) groups excluding carboxylic acids is 1. The maximum Gasteiger partial charge on any atom is 0.243 e. The SMILES string of the molecule is CN(CC(=O)NC(c1ccccc1)c1cccs1)S(=O)(=O)c1ccc2ccccc2c1. The van der Waals surface area contributed by atoms with Crippen LogP contribution < -0.4 is 5.32 Å². The lowest BCUT2D eigenvalue weighted by molar-refractivity contribution is -0.121. The van der Waals surface area contributed by atoms with E-state index in [0.29, 0.717) is 0 Å². The highest BCUT2D eigenvalue weighted by atomic mass is 32.2. The summed E-state index contributed by atoms with van der Waals surface area (Å²) >= 11 is 1.54. The first-order valence-corrected chi connectivity index (χ1v) is 12.1. The second kappa shape index (κ2) is 9.01. The maximum absolute atomic E-state index is 13.0. The lowest BCUT2D eigenvalue weighted by Gasteiger charge is -2.21. The van der Waals surface area contributed by atoms with E-state index in [0.717, 1.165) is 25.5 Å².